The Morgan fingerprint density at radius 3 is 2.08 bits per heavy atom. The second-order valence-corrected chi connectivity index (χ2v) is 7.82. The molecule has 2 aromatic rings. The fourth-order valence-corrected chi connectivity index (χ4v) is 4.03. The smallest absolute Gasteiger partial charge is 0.361 e. The molecule has 2 aromatic carbocycles. The van der Waals surface area contributed by atoms with E-state index in [2.05, 4.69) is 0 Å². The summed E-state index contributed by atoms with van der Waals surface area (Å²) in [5.41, 5.74) is 1.51. The van der Waals surface area contributed by atoms with E-state index in [0.717, 1.165) is 5.56 Å². The molecule has 140 valence electrons. The van der Waals surface area contributed by atoms with E-state index in [0.29, 0.717) is 17.5 Å². The molecule has 0 radical (unpaired) electrons. The van der Waals surface area contributed by atoms with Crippen LogP contribution in [0.25, 0.3) is 0 Å². The highest BCUT2D eigenvalue weighted by atomic mass is 31.2. The van der Waals surface area contributed by atoms with Gasteiger partial charge in [0.2, 0.25) is 0 Å². The molecule has 2 rings (SSSR count). The molecule has 6 heteroatoms. The van der Waals surface area contributed by atoms with Gasteiger partial charge in [-0.1, -0.05) is 37.3 Å². The van der Waals surface area contributed by atoms with Crippen molar-refractivity contribution in [2.24, 2.45) is 0 Å². The molecule has 5 nitrogen and oxygen atoms in total. The van der Waals surface area contributed by atoms with Crippen molar-refractivity contribution in [2.75, 3.05) is 19.8 Å². The number of carbonyl (C=O) groups is 1. The summed E-state index contributed by atoms with van der Waals surface area (Å²) in [5.74, 6) is -0.308. The molecule has 0 aliphatic heterocycles. The maximum absolute atomic E-state index is 12.7. The lowest BCUT2D eigenvalue weighted by Gasteiger charge is -2.17. The highest BCUT2D eigenvalue weighted by molar-refractivity contribution is 7.62. The van der Waals surface area contributed by atoms with Crippen LogP contribution in [0.1, 0.15) is 42.6 Å². The van der Waals surface area contributed by atoms with E-state index in [1.165, 1.54) is 0 Å². The Bertz CT molecular complexity index is 733. The molecule has 0 heterocycles. The molecule has 0 fully saturated rings. The lowest BCUT2D eigenvalue weighted by atomic mass is 10.0. The first-order chi connectivity index (χ1) is 12.5. The average molecular weight is 376 g/mol. The molecule has 0 aliphatic rings. The third-order valence-electron chi connectivity index (χ3n) is 3.85. The normalized spacial score (nSPS) is 12.6. The monoisotopic (exact) mass is 376 g/mol. The summed E-state index contributed by atoms with van der Waals surface area (Å²) in [6.45, 7) is 6.36. The van der Waals surface area contributed by atoms with Gasteiger partial charge in [-0.3, -0.25) is 4.57 Å². The zero-order chi connectivity index (χ0) is 19.0. The van der Waals surface area contributed by atoms with Gasteiger partial charge >= 0.3 is 13.6 Å². The summed E-state index contributed by atoms with van der Waals surface area (Å²) >= 11 is 0. The molecule has 0 aliphatic carbocycles. The minimum absolute atomic E-state index is 0.107. The van der Waals surface area contributed by atoms with Crippen molar-refractivity contribution in [1.82, 2.24) is 0 Å². The third-order valence-corrected chi connectivity index (χ3v) is 5.98. The molecule has 26 heavy (non-hydrogen) atoms. The van der Waals surface area contributed by atoms with Gasteiger partial charge in [0.1, 0.15) is 0 Å². The van der Waals surface area contributed by atoms with Crippen LogP contribution in [0.3, 0.4) is 0 Å². The third kappa shape index (κ3) is 5.28. The second-order valence-electron chi connectivity index (χ2n) is 5.79. The SMILES string of the molecule is CCOP(=O)(OCC)c1ccc(C(=O)OCC(C)c2ccccc2)cc1. The van der Waals surface area contributed by atoms with Gasteiger partial charge in [0.05, 0.1) is 30.7 Å². The van der Waals surface area contributed by atoms with Gasteiger partial charge in [0, 0.05) is 5.92 Å². The van der Waals surface area contributed by atoms with Crippen molar-refractivity contribution in [1.29, 1.82) is 0 Å². The Morgan fingerprint density at radius 2 is 1.54 bits per heavy atom. The molecule has 1 unspecified atom stereocenters. The van der Waals surface area contributed by atoms with Gasteiger partial charge in [-0.05, 0) is 43.7 Å². The standard InChI is InChI=1S/C20H25O5P/c1-4-24-26(22,25-5-2)19-13-11-18(12-14-19)20(21)23-15-16(3)17-9-7-6-8-10-17/h6-14,16H,4-5,15H2,1-3H3. The minimum Gasteiger partial charge on any atom is -0.461 e. The maximum Gasteiger partial charge on any atom is 0.361 e. The Morgan fingerprint density at radius 1 is 0.962 bits per heavy atom. The minimum atomic E-state index is -3.35. The van der Waals surface area contributed by atoms with E-state index in [9.17, 15) is 9.36 Å². The summed E-state index contributed by atoms with van der Waals surface area (Å²) in [6, 6.07) is 16.2. The van der Waals surface area contributed by atoms with Crippen molar-refractivity contribution in [3.8, 4) is 0 Å². The number of rotatable bonds is 9. The van der Waals surface area contributed by atoms with Crippen LogP contribution in [0.4, 0.5) is 0 Å². The van der Waals surface area contributed by atoms with Gasteiger partial charge < -0.3 is 13.8 Å². The summed E-state index contributed by atoms with van der Waals surface area (Å²) in [7, 11) is -3.35. The fraction of sp³-hybridized carbons (Fsp3) is 0.350. The van der Waals surface area contributed by atoms with E-state index in [1.807, 2.05) is 37.3 Å². The number of benzene rings is 2. The van der Waals surface area contributed by atoms with E-state index >= 15 is 0 Å². The largest absolute Gasteiger partial charge is 0.461 e. The number of esters is 1. The van der Waals surface area contributed by atoms with Gasteiger partial charge in [0.15, 0.2) is 0 Å². The van der Waals surface area contributed by atoms with E-state index in [1.54, 1.807) is 38.1 Å². The average Bonchev–Trinajstić information content (AvgIpc) is 2.67. The maximum atomic E-state index is 12.7. The highest BCUT2D eigenvalue weighted by Gasteiger charge is 2.26. The van der Waals surface area contributed by atoms with Crippen LogP contribution in [0.5, 0.6) is 0 Å². The molecule has 0 amide bonds. The van der Waals surface area contributed by atoms with E-state index < -0.39 is 13.6 Å². The topological polar surface area (TPSA) is 61.8 Å². The van der Waals surface area contributed by atoms with Gasteiger partial charge in [0.25, 0.3) is 0 Å². The Hall–Kier alpha value is -1.94. The zero-order valence-corrected chi connectivity index (χ0v) is 16.3. The van der Waals surface area contributed by atoms with E-state index in [-0.39, 0.29) is 19.1 Å². The highest BCUT2D eigenvalue weighted by Crippen LogP contribution is 2.46. The van der Waals surface area contributed by atoms with Gasteiger partial charge in [-0.25, -0.2) is 4.79 Å². The first kappa shape index (κ1) is 20.4. The molecule has 0 aromatic heterocycles. The quantitative estimate of drug-likeness (QED) is 0.475. The molecule has 0 spiro atoms. The van der Waals surface area contributed by atoms with Crippen LogP contribution in [0.15, 0.2) is 54.6 Å². The first-order valence-corrected chi connectivity index (χ1v) is 10.3. The molecule has 0 N–H and O–H groups in total. The molecule has 0 saturated heterocycles. The molecular weight excluding hydrogens is 351 g/mol. The van der Waals surface area contributed by atoms with Gasteiger partial charge in [-0.15, -0.1) is 0 Å². The zero-order valence-electron chi connectivity index (χ0n) is 15.4. The fourth-order valence-electron chi connectivity index (χ4n) is 2.47. The summed E-state index contributed by atoms with van der Waals surface area (Å²) < 4.78 is 28.7. The summed E-state index contributed by atoms with van der Waals surface area (Å²) in [5, 5.41) is 0.426. The molecular formula is C20H25O5P. The number of ether oxygens (including phenoxy) is 1. The van der Waals surface area contributed by atoms with Crippen LogP contribution in [-0.2, 0) is 18.3 Å². The first-order valence-electron chi connectivity index (χ1n) is 8.72. The predicted molar refractivity (Wildman–Crippen MR) is 102 cm³/mol. The Balaban J connectivity index is 2.01. The van der Waals surface area contributed by atoms with Crippen molar-refractivity contribution >= 4 is 18.9 Å². The van der Waals surface area contributed by atoms with Crippen LogP contribution in [0.2, 0.25) is 0 Å². The van der Waals surface area contributed by atoms with E-state index in [4.69, 9.17) is 13.8 Å². The molecule has 0 saturated carbocycles. The van der Waals surface area contributed by atoms with Crippen LogP contribution < -0.4 is 5.30 Å². The molecule has 0 bridgehead atoms. The molecule has 1 atom stereocenters. The lowest BCUT2D eigenvalue weighted by molar-refractivity contribution is 0.0485. The second kappa shape index (κ2) is 9.67. The number of hydrogen-bond acceptors (Lipinski definition) is 5. The van der Waals surface area contributed by atoms with Crippen molar-refractivity contribution < 1.29 is 23.1 Å². The Labute approximate surface area is 154 Å². The van der Waals surface area contributed by atoms with Crippen LogP contribution in [0, 0.1) is 0 Å². The summed E-state index contributed by atoms with van der Waals surface area (Å²) in [4.78, 5) is 12.2. The van der Waals surface area contributed by atoms with Crippen molar-refractivity contribution in [3.05, 3.63) is 65.7 Å². The van der Waals surface area contributed by atoms with Crippen molar-refractivity contribution in [2.45, 2.75) is 26.7 Å². The predicted octanol–water partition coefficient (Wildman–Crippen LogP) is 4.54. The van der Waals surface area contributed by atoms with Crippen LogP contribution >= 0.6 is 7.60 Å². The summed E-state index contributed by atoms with van der Waals surface area (Å²) in [6.07, 6.45) is 0. The lowest BCUT2D eigenvalue weighted by Crippen LogP contribution is -2.14. The number of carbonyl (C=O) groups excluding carboxylic acids is 1. The van der Waals surface area contributed by atoms with Crippen molar-refractivity contribution in [3.63, 3.8) is 0 Å². The van der Waals surface area contributed by atoms with Crippen LogP contribution in [-0.4, -0.2) is 25.8 Å². The number of hydrogen-bond donors (Lipinski definition) is 0. The Kier molecular flexibility index (Phi) is 7.58. The van der Waals surface area contributed by atoms with Gasteiger partial charge in [-0.2, -0.15) is 0 Å².